The monoisotopic (exact) mass is 120 g/mol. The molecule has 1 heterocycles. The Labute approximate surface area is 54.3 Å². The van der Waals surface area contributed by atoms with Crippen LogP contribution >= 0.6 is 0 Å². The lowest BCUT2D eigenvalue weighted by atomic mass is 10.3. The van der Waals surface area contributed by atoms with Gasteiger partial charge in [0.2, 0.25) is 0 Å². The first-order chi connectivity index (χ1) is 4.43. The fraction of sp³-hybridized carbons (Fsp3) is 0.143. The predicted molar refractivity (Wildman–Crippen MR) is 37.5 cm³/mol. The molecule has 0 aliphatic carbocycles. The minimum atomic E-state index is 0.683. The molecule has 0 fully saturated rings. The van der Waals surface area contributed by atoms with Crippen molar-refractivity contribution in [1.29, 1.82) is 0 Å². The third-order valence-electron chi connectivity index (χ3n) is 1.04. The average Bonchev–Trinajstić information content (AvgIpc) is 1.91. The van der Waals surface area contributed by atoms with E-state index in [1.54, 1.807) is 12.4 Å². The van der Waals surface area contributed by atoms with Crippen molar-refractivity contribution < 1.29 is 0 Å². The van der Waals surface area contributed by atoms with Crippen LogP contribution in [0.1, 0.15) is 5.56 Å². The van der Waals surface area contributed by atoms with Gasteiger partial charge in [-0.3, -0.25) is 9.98 Å². The molecule has 0 aliphatic rings. The van der Waals surface area contributed by atoms with Crippen molar-refractivity contribution in [1.82, 2.24) is 4.98 Å². The fourth-order valence-electron chi connectivity index (χ4n) is 0.617. The summed E-state index contributed by atoms with van der Waals surface area (Å²) in [5.74, 6) is 0. The van der Waals surface area contributed by atoms with Gasteiger partial charge in [0.1, 0.15) is 0 Å². The molecule has 0 saturated carbocycles. The summed E-state index contributed by atoms with van der Waals surface area (Å²) < 4.78 is 0. The summed E-state index contributed by atoms with van der Waals surface area (Å²) in [4.78, 5) is 7.59. The van der Waals surface area contributed by atoms with Gasteiger partial charge in [0.15, 0.2) is 0 Å². The van der Waals surface area contributed by atoms with Gasteiger partial charge in [-0.05, 0) is 24.4 Å². The van der Waals surface area contributed by atoms with E-state index in [-0.39, 0.29) is 0 Å². The van der Waals surface area contributed by atoms with Crippen molar-refractivity contribution >= 4 is 6.72 Å². The van der Waals surface area contributed by atoms with E-state index in [4.69, 9.17) is 0 Å². The summed E-state index contributed by atoms with van der Waals surface area (Å²) in [6.07, 6.45) is 3.50. The first-order valence-corrected chi connectivity index (χ1v) is 2.75. The maximum Gasteiger partial charge on any atom is 0.0633 e. The first kappa shape index (κ1) is 5.95. The lowest BCUT2D eigenvalue weighted by Gasteiger charge is -1.90. The summed E-state index contributed by atoms with van der Waals surface area (Å²) >= 11 is 0. The van der Waals surface area contributed by atoms with Crippen molar-refractivity contribution in [2.75, 3.05) is 0 Å². The summed E-state index contributed by atoms with van der Waals surface area (Å²) in [6.45, 7) is 4.07. The molecule has 0 atom stereocenters. The molecule has 0 spiro atoms. The van der Waals surface area contributed by atoms with E-state index >= 15 is 0 Å². The minimum absolute atomic E-state index is 0.683. The molecule has 0 N–H and O–H groups in total. The highest BCUT2D eigenvalue weighted by Crippen LogP contribution is 1.95. The second kappa shape index (κ2) is 2.97. The zero-order chi connectivity index (χ0) is 6.53. The molecule has 0 unspecified atom stereocenters. The molecule has 2 heteroatoms. The van der Waals surface area contributed by atoms with Crippen molar-refractivity contribution in [2.24, 2.45) is 4.99 Å². The smallest absolute Gasteiger partial charge is 0.0633 e. The van der Waals surface area contributed by atoms with E-state index in [1.807, 2.05) is 12.1 Å². The van der Waals surface area contributed by atoms with Crippen molar-refractivity contribution in [2.45, 2.75) is 6.54 Å². The van der Waals surface area contributed by atoms with Crippen molar-refractivity contribution in [3.63, 3.8) is 0 Å². The Morgan fingerprint density at radius 2 is 2.11 bits per heavy atom. The molecule has 0 saturated heterocycles. The third-order valence-corrected chi connectivity index (χ3v) is 1.04. The van der Waals surface area contributed by atoms with E-state index in [9.17, 15) is 0 Å². The van der Waals surface area contributed by atoms with E-state index in [0.29, 0.717) is 6.54 Å². The molecule has 0 bridgehead atoms. The highest BCUT2D eigenvalue weighted by Gasteiger charge is 1.83. The Morgan fingerprint density at radius 3 is 2.67 bits per heavy atom. The largest absolute Gasteiger partial charge is 0.296 e. The highest BCUT2D eigenvalue weighted by atomic mass is 14.7. The Morgan fingerprint density at radius 1 is 1.44 bits per heavy atom. The molecule has 0 radical (unpaired) electrons. The van der Waals surface area contributed by atoms with Crippen molar-refractivity contribution in [3.8, 4) is 0 Å². The molecule has 46 valence electrons. The molecule has 1 aromatic rings. The zero-order valence-corrected chi connectivity index (χ0v) is 5.12. The van der Waals surface area contributed by atoms with Gasteiger partial charge in [0.05, 0.1) is 6.54 Å². The lowest BCUT2D eigenvalue weighted by molar-refractivity contribution is 1.07. The summed E-state index contributed by atoms with van der Waals surface area (Å²) in [7, 11) is 0. The van der Waals surface area contributed by atoms with Crippen LogP contribution in [0.2, 0.25) is 0 Å². The van der Waals surface area contributed by atoms with Gasteiger partial charge >= 0.3 is 0 Å². The van der Waals surface area contributed by atoms with Gasteiger partial charge in [-0.15, -0.1) is 0 Å². The summed E-state index contributed by atoms with van der Waals surface area (Å²) in [6, 6.07) is 3.85. The number of pyridine rings is 1. The Bertz CT molecular complexity index is 181. The number of nitrogens with zero attached hydrogens (tertiary/aromatic N) is 2. The predicted octanol–water partition coefficient (Wildman–Crippen LogP) is 1.28. The lowest BCUT2D eigenvalue weighted by Crippen LogP contribution is -1.78. The molecule has 0 amide bonds. The second-order valence-corrected chi connectivity index (χ2v) is 1.74. The van der Waals surface area contributed by atoms with Crippen LogP contribution in [0, 0.1) is 0 Å². The number of rotatable bonds is 2. The van der Waals surface area contributed by atoms with E-state index < -0.39 is 0 Å². The number of aliphatic imine (C=N–C) groups is 1. The van der Waals surface area contributed by atoms with Crippen LogP contribution in [-0.4, -0.2) is 11.7 Å². The molecular weight excluding hydrogens is 112 g/mol. The maximum absolute atomic E-state index is 3.87. The normalized spacial score (nSPS) is 8.89. The van der Waals surface area contributed by atoms with Gasteiger partial charge in [0, 0.05) is 12.4 Å². The van der Waals surface area contributed by atoms with Gasteiger partial charge in [0.25, 0.3) is 0 Å². The van der Waals surface area contributed by atoms with E-state index in [1.165, 1.54) is 0 Å². The first-order valence-electron chi connectivity index (χ1n) is 2.75. The zero-order valence-electron chi connectivity index (χ0n) is 5.12. The van der Waals surface area contributed by atoms with Gasteiger partial charge in [-0.25, -0.2) is 0 Å². The molecule has 0 aromatic carbocycles. The SMILES string of the molecule is C=NCc1ccncc1. The quantitative estimate of drug-likeness (QED) is 0.540. The molecule has 1 rings (SSSR count). The van der Waals surface area contributed by atoms with Gasteiger partial charge in [-0.2, -0.15) is 0 Å². The van der Waals surface area contributed by atoms with E-state index in [0.717, 1.165) is 5.56 Å². The molecule has 9 heavy (non-hydrogen) atoms. The van der Waals surface area contributed by atoms with Crippen LogP contribution in [-0.2, 0) is 6.54 Å². The number of aromatic nitrogens is 1. The van der Waals surface area contributed by atoms with Crippen LogP contribution in [0.15, 0.2) is 29.5 Å². The standard InChI is InChI=1S/C7H8N2/c1-8-6-7-2-4-9-5-3-7/h2-5H,1,6H2. The Balaban J connectivity index is 2.72. The number of hydrogen-bond donors (Lipinski definition) is 0. The molecular formula is C7H8N2. The van der Waals surface area contributed by atoms with Crippen molar-refractivity contribution in [3.05, 3.63) is 30.1 Å². The third kappa shape index (κ3) is 1.64. The Hall–Kier alpha value is -1.18. The average molecular weight is 120 g/mol. The highest BCUT2D eigenvalue weighted by molar-refractivity contribution is 5.24. The van der Waals surface area contributed by atoms with Gasteiger partial charge < -0.3 is 0 Å². The molecule has 0 aliphatic heterocycles. The van der Waals surface area contributed by atoms with Crippen LogP contribution < -0.4 is 0 Å². The van der Waals surface area contributed by atoms with Gasteiger partial charge in [-0.1, -0.05) is 0 Å². The molecule has 2 nitrogen and oxygen atoms in total. The maximum atomic E-state index is 3.87. The topological polar surface area (TPSA) is 25.2 Å². The number of hydrogen-bond acceptors (Lipinski definition) is 2. The second-order valence-electron chi connectivity index (χ2n) is 1.74. The van der Waals surface area contributed by atoms with Crippen LogP contribution in [0.5, 0.6) is 0 Å². The van der Waals surface area contributed by atoms with Crippen LogP contribution in [0.4, 0.5) is 0 Å². The summed E-state index contributed by atoms with van der Waals surface area (Å²) in [5, 5.41) is 0. The molecule has 1 aromatic heterocycles. The Kier molecular flexibility index (Phi) is 1.96. The van der Waals surface area contributed by atoms with E-state index in [2.05, 4.69) is 16.7 Å². The minimum Gasteiger partial charge on any atom is -0.296 e. The summed E-state index contributed by atoms with van der Waals surface area (Å²) in [5.41, 5.74) is 1.15. The van der Waals surface area contributed by atoms with Crippen LogP contribution in [0.25, 0.3) is 0 Å². The van der Waals surface area contributed by atoms with Crippen LogP contribution in [0.3, 0.4) is 0 Å². The fourth-order valence-corrected chi connectivity index (χ4v) is 0.617.